The highest BCUT2D eigenvalue weighted by Gasteiger charge is 2.56. The van der Waals surface area contributed by atoms with Crippen molar-refractivity contribution in [2.24, 2.45) is 5.92 Å². The molecule has 2 aromatic heterocycles. The minimum atomic E-state index is -0.716. The van der Waals surface area contributed by atoms with Gasteiger partial charge in [-0.15, -0.1) is 0 Å². The molecule has 1 saturated carbocycles. The van der Waals surface area contributed by atoms with Crippen molar-refractivity contribution >= 4 is 22.8 Å². The summed E-state index contributed by atoms with van der Waals surface area (Å²) in [5, 5.41) is 3.59. The van der Waals surface area contributed by atoms with E-state index in [2.05, 4.69) is 19.9 Å². The number of carbonyl (C=O) groups is 1. The number of ether oxygens (including phenoxy) is 2. The normalized spacial score (nSPS) is 30.6. The van der Waals surface area contributed by atoms with E-state index in [4.69, 9.17) is 15.2 Å². The van der Waals surface area contributed by atoms with Crippen LogP contribution in [0.15, 0.2) is 12.5 Å². The van der Waals surface area contributed by atoms with E-state index in [1.54, 1.807) is 7.05 Å². The molecular weight excluding hydrogens is 322 g/mol. The van der Waals surface area contributed by atoms with Crippen molar-refractivity contribution in [1.82, 2.24) is 19.9 Å². The number of nitrogens with two attached hydrogens (primary N) is 1. The number of amides is 1. The first-order valence-electron chi connectivity index (χ1n) is 8.47. The molecule has 2 aromatic rings. The third-order valence-corrected chi connectivity index (χ3v) is 5.20. The van der Waals surface area contributed by atoms with Crippen LogP contribution in [0.4, 0.5) is 5.82 Å². The van der Waals surface area contributed by atoms with Gasteiger partial charge < -0.3 is 25.1 Å². The molecule has 2 fully saturated rings. The molecule has 1 amide bonds. The maximum absolute atomic E-state index is 12.4. The largest absolute Gasteiger partial charge is 0.383 e. The van der Waals surface area contributed by atoms with Gasteiger partial charge >= 0.3 is 0 Å². The topological polar surface area (TPSA) is 104 Å². The Balaban J connectivity index is 1.80. The minimum absolute atomic E-state index is 0.0267. The van der Waals surface area contributed by atoms with Crippen LogP contribution in [0.2, 0.25) is 0 Å². The lowest BCUT2D eigenvalue weighted by Crippen LogP contribution is -2.36. The molecule has 8 heteroatoms. The van der Waals surface area contributed by atoms with Crippen molar-refractivity contribution in [3.63, 3.8) is 0 Å². The van der Waals surface area contributed by atoms with E-state index in [1.165, 1.54) is 6.33 Å². The predicted octanol–water partition coefficient (Wildman–Crippen LogP) is 1.15. The number of aromatic nitrogens is 3. The zero-order valence-corrected chi connectivity index (χ0v) is 14.8. The number of fused-ring (bicyclic) bond motifs is 2. The van der Waals surface area contributed by atoms with E-state index >= 15 is 0 Å². The van der Waals surface area contributed by atoms with Gasteiger partial charge in [-0.1, -0.05) is 0 Å². The molecule has 3 N–H and O–H groups in total. The van der Waals surface area contributed by atoms with Crippen LogP contribution in [0, 0.1) is 12.8 Å². The summed E-state index contributed by atoms with van der Waals surface area (Å²) in [5.41, 5.74) is 7.80. The fourth-order valence-electron chi connectivity index (χ4n) is 4.22. The fraction of sp³-hybridized carbons (Fsp3) is 0.588. The van der Waals surface area contributed by atoms with E-state index in [1.807, 2.05) is 27.0 Å². The van der Waals surface area contributed by atoms with Crippen LogP contribution in [0.25, 0.3) is 11.0 Å². The smallest absolute Gasteiger partial charge is 0.225 e. The molecule has 25 heavy (non-hydrogen) atoms. The fourth-order valence-corrected chi connectivity index (χ4v) is 4.22. The molecule has 1 aliphatic heterocycles. The second kappa shape index (κ2) is 5.40. The summed E-state index contributed by atoms with van der Waals surface area (Å²) in [6, 6.07) is -0.0559. The summed E-state index contributed by atoms with van der Waals surface area (Å²) in [6.45, 7) is 5.74. The molecule has 0 bridgehead atoms. The number of hydrogen-bond donors (Lipinski definition) is 2. The Morgan fingerprint density at radius 1 is 1.36 bits per heavy atom. The average Bonchev–Trinajstić information content (AvgIpc) is 3.16. The second-order valence-corrected chi connectivity index (χ2v) is 7.27. The summed E-state index contributed by atoms with van der Waals surface area (Å²) in [5.74, 6) is -0.547. The molecule has 3 heterocycles. The van der Waals surface area contributed by atoms with Gasteiger partial charge in [0.25, 0.3) is 0 Å². The molecule has 4 rings (SSSR count). The van der Waals surface area contributed by atoms with Crippen molar-refractivity contribution in [1.29, 1.82) is 0 Å². The highest BCUT2D eigenvalue weighted by Crippen LogP contribution is 2.48. The molecule has 2 aliphatic rings. The minimum Gasteiger partial charge on any atom is -0.383 e. The van der Waals surface area contributed by atoms with Gasteiger partial charge in [0.05, 0.1) is 17.3 Å². The predicted molar refractivity (Wildman–Crippen MR) is 91.7 cm³/mol. The summed E-state index contributed by atoms with van der Waals surface area (Å²) >= 11 is 0. The van der Waals surface area contributed by atoms with Crippen molar-refractivity contribution in [3.05, 3.63) is 18.1 Å². The van der Waals surface area contributed by atoms with E-state index in [0.717, 1.165) is 16.6 Å². The zero-order valence-electron chi connectivity index (χ0n) is 14.8. The number of carbonyl (C=O) groups excluding carboxylic acids is 1. The molecule has 0 radical (unpaired) electrons. The van der Waals surface area contributed by atoms with Crippen LogP contribution < -0.4 is 11.1 Å². The number of nitrogen functional groups attached to an aromatic ring is 1. The maximum Gasteiger partial charge on any atom is 0.225 e. The molecule has 1 aliphatic carbocycles. The van der Waals surface area contributed by atoms with Gasteiger partial charge in [0, 0.05) is 13.2 Å². The van der Waals surface area contributed by atoms with Crippen molar-refractivity contribution in [2.75, 3.05) is 12.8 Å². The van der Waals surface area contributed by atoms with Crippen molar-refractivity contribution in [3.8, 4) is 0 Å². The Morgan fingerprint density at radius 2 is 2.08 bits per heavy atom. The van der Waals surface area contributed by atoms with Gasteiger partial charge in [0.2, 0.25) is 5.91 Å². The Kier molecular flexibility index (Phi) is 3.52. The molecule has 8 nitrogen and oxygen atoms in total. The zero-order chi connectivity index (χ0) is 17.9. The van der Waals surface area contributed by atoms with Crippen LogP contribution in [-0.2, 0) is 14.3 Å². The molecule has 0 spiro atoms. The highest BCUT2D eigenvalue weighted by atomic mass is 16.8. The Labute approximate surface area is 145 Å². The molecule has 134 valence electrons. The lowest BCUT2D eigenvalue weighted by atomic mass is 10.0. The van der Waals surface area contributed by atoms with E-state index in [-0.39, 0.29) is 30.1 Å². The Hall–Kier alpha value is -2.19. The van der Waals surface area contributed by atoms with Gasteiger partial charge in [-0.25, -0.2) is 9.97 Å². The third kappa shape index (κ3) is 2.39. The summed E-state index contributed by atoms with van der Waals surface area (Å²) in [4.78, 5) is 20.9. The number of hydrogen-bond acceptors (Lipinski definition) is 6. The standard InChI is InChI=1S/C17H23N5O3/c1-8-6-22(15-11(8)14(18)20-7-21-15)10-5-9(16(23)19-4)12-13(10)25-17(2,3)24-12/h6-7,9-10,12-13H,5H2,1-4H3,(H,19,23)(H2,18,20,21)/t9-,10+,12+,13-/m0/s1. The van der Waals surface area contributed by atoms with Gasteiger partial charge in [-0.2, -0.15) is 0 Å². The van der Waals surface area contributed by atoms with E-state index in [0.29, 0.717) is 12.2 Å². The lowest BCUT2D eigenvalue weighted by molar-refractivity contribution is -0.163. The van der Waals surface area contributed by atoms with Gasteiger partial charge in [0.1, 0.15) is 30.0 Å². The lowest BCUT2D eigenvalue weighted by Gasteiger charge is -2.24. The molecule has 1 saturated heterocycles. The number of anilines is 1. The van der Waals surface area contributed by atoms with Crippen LogP contribution >= 0.6 is 0 Å². The number of nitrogens with zero attached hydrogens (tertiary/aromatic N) is 3. The SMILES string of the molecule is CNC(=O)[C@H]1C[C@@H](n2cc(C)c3c(N)ncnc32)[C@@H]2OC(C)(C)O[C@@H]21. The number of rotatable bonds is 2. The van der Waals surface area contributed by atoms with Crippen LogP contribution in [0.5, 0.6) is 0 Å². The van der Waals surface area contributed by atoms with Crippen LogP contribution in [0.1, 0.15) is 31.9 Å². The van der Waals surface area contributed by atoms with Gasteiger partial charge in [-0.05, 0) is 32.8 Å². The summed E-state index contributed by atoms with van der Waals surface area (Å²) in [6.07, 6.45) is 3.60. The molecule has 0 aromatic carbocycles. The van der Waals surface area contributed by atoms with E-state index < -0.39 is 5.79 Å². The van der Waals surface area contributed by atoms with Gasteiger partial charge in [0.15, 0.2) is 5.79 Å². The summed E-state index contributed by atoms with van der Waals surface area (Å²) in [7, 11) is 1.65. The quantitative estimate of drug-likeness (QED) is 0.846. The molecule has 0 unspecified atom stereocenters. The Bertz CT molecular complexity index is 846. The highest BCUT2D eigenvalue weighted by molar-refractivity contribution is 5.89. The number of aryl methyl sites for hydroxylation is 1. The third-order valence-electron chi connectivity index (χ3n) is 5.20. The van der Waals surface area contributed by atoms with Crippen molar-refractivity contribution in [2.45, 2.75) is 51.2 Å². The first kappa shape index (κ1) is 16.3. The van der Waals surface area contributed by atoms with Crippen LogP contribution in [-0.4, -0.2) is 45.5 Å². The average molecular weight is 345 g/mol. The monoisotopic (exact) mass is 345 g/mol. The first-order chi connectivity index (χ1) is 11.8. The van der Waals surface area contributed by atoms with E-state index in [9.17, 15) is 4.79 Å². The van der Waals surface area contributed by atoms with Gasteiger partial charge in [-0.3, -0.25) is 4.79 Å². The Morgan fingerprint density at radius 3 is 2.80 bits per heavy atom. The summed E-state index contributed by atoms with van der Waals surface area (Å²) < 4.78 is 14.3. The first-order valence-corrected chi connectivity index (χ1v) is 8.47. The molecule has 4 atom stereocenters. The maximum atomic E-state index is 12.4. The number of nitrogens with one attached hydrogen (secondary N) is 1. The molecular formula is C17H23N5O3. The second-order valence-electron chi connectivity index (χ2n) is 7.27. The van der Waals surface area contributed by atoms with Crippen LogP contribution in [0.3, 0.4) is 0 Å². The van der Waals surface area contributed by atoms with Crippen molar-refractivity contribution < 1.29 is 14.3 Å².